The number of hydrogen-bond acceptors (Lipinski definition) is 5. The lowest BCUT2D eigenvalue weighted by atomic mass is 10.2. The summed E-state index contributed by atoms with van der Waals surface area (Å²) in [5, 5.41) is 2.01. The van der Waals surface area contributed by atoms with E-state index in [1.807, 2.05) is 29.6 Å². The Hall–Kier alpha value is -1.24. The van der Waals surface area contributed by atoms with Gasteiger partial charge in [0.2, 0.25) is 6.79 Å². The fraction of sp³-hybridized carbons (Fsp3) is 0.231. The number of halogens is 1. The highest BCUT2D eigenvalue weighted by molar-refractivity contribution is 9.10. The van der Waals surface area contributed by atoms with Crippen LogP contribution in [0.2, 0.25) is 0 Å². The fourth-order valence-electron chi connectivity index (χ4n) is 1.83. The summed E-state index contributed by atoms with van der Waals surface area (Å²) < 4.78 is 17.6. The summed E-state index contributed by atoms with van der Waals surface area (Å²) in [4.78, 5) is 1.09. The van der Waals surface area contributed by atoms with E-state index in [1.165, 1.54) is 0 Å². The number of ether oxygens (including phenoxy) is 3. The van der Waals surface area contributed by atoms with Gasteiger partial charge in [0.05, 0.1) is 0 Å². The first kappa shape index (κ1) is 12.8. The molecule has 0 saturated carbocycles. The standard InChI is InChI=1S/C13H12BrNO3S/c14-8-3-13(19-6-8)12(5-15)18-9-1-2-10-11(4-9)17-7-16-10/h1-4,6,12H,5,7,15H2. The van der Waals surface area contributed by atoms with Gasteiger partial charge in [-0.1, -0.05) is 0 Å². The van der Waals surface area contributed by atoms with Crippen molar-refractivity contribution in [3.05, 3.63) is 39.0 Å². The van der Waals surface area contributed by atoms with Crippen LogP contribution in [0.4, 0.5) is 0 Å². The van der Waals surface area contributed by atoms with Crippen LogP contribution >= 0.6 is 27.3 Å². The van der Waals surface area contributed by atoms with Gasteiger partial charge in [0.25, 0.3) is 0 Å². The molecular weight excluding hydrogens is 330 g/mol. The maximum Gasteiger partial charge on any atom is 0.231 e. The van der Waals surface area contributed by atoms with Crippen molar-refractivity contribution in [1.29, 1.82) is 0 Å². The fourth-order valence-corrected chi connectivity index (χ4v) is 3.32. The van der Waals surface area contributed by atoms with Crippen molar-refractivity contribution in [2.75, 3.05) is 13.3 Å². The molecule has 0 amide bonds. The quantitative estimate of drug-likeness (QED) is 0.926. The van der Waals surface area contributed by atoms with Gasteiger partial charge in [0.15, 0.2) is 11.5 Å². The van der Waals surface area contributed by atoms with Gasteiger partial charge in [-0.3, -0.25) is 0 Å². The lowest BCUT2D eigenvalue weighted by Gasteiger charge is -2.16. The van der Waals surface area contributed by atoms with E-state index >= 15 is 0 Å². The van der Waals surface area contributed by atoms with Gasteiger partial charge in [0.1, 0.15) is 11.9 Å². The van der Waals surface area contributed by atoms with E-state index in [1.54, 1.807) is 11.3 Å². The Labute approximate surface area is 123 Å². The molecule has 1 atom stereocenters. The van der Waals surface area contributed by atoms with Gasteiger partial charge in [-0.2, -0.15) is 0 Å². The van der Waals surface area contributed by atoms with Gasteiger partial charge in [-0.25, -0.2) is 0 Å². The molecule has 2 heterocycles. The summed E-state index contributed by atoms with van der Waals surface area (Å²) in [5.41, 5.74) is 5.79. The van der Waals surface area contributed by atoms with Crippen molar-refractivity contribution in [2.24, 2.45) is 5.73 Å². The topological polar surface area (TPSA) is 53.7 Å². The average molecular weight is 342 g/mol. The van der Waals surface area contributed by atoms with Crippen molar-refractivity contribution in [3.63, 3.8) is 0 Å². The van der Waals surface area contributed by atoms with Crippen molar-refractivity contribution < 1.29 is 14.2 Å². The van der Waals surface area contributed by atoms with Gasteiger partial charge in [0, 0.05) is 27.3 Å². The molecule has 1 unspecified atom stereocenters. The third-order valence-electron chi connectivity index (χ3n) is 2.74. The second-order valence-electron chi connectivity index (χ2n) is 4.02. The van der Waals surface area contributed by atoms with Crippen LogP contribution < -0.4 is 19.9 Å². The molecule has 0 bridgehead atoms. The molecule has 0 spiro atoms. The van der Waals surface area contributed by atoms with Crippen LogP contribution in [0, 0.1) is 0 Å². The number of benzene rings is 1. The Morgan fingerprint density at radius 1 is 1.32 bits per heavy atom. The molecule has 2 aromatic rings. The van der Waals surface area contributed by atoms with E-state index in [0.29, 0.717) is 12.3 Å². The van der Waals surface area contributed by atoms with Crippen LogP contribution in [0.15, 0.2) is 34.1 Å². The maximum atomic E-state index is 5.92. The number of thiophene rings is 1. The lowest BCUT2D eigenvalue weighted by Crippen LogP contribution is -2.17. The minimum absolute atomic E-state index is 0.156. The van der Waals surface area contributed by atoms with Gasteiger partial charge in [-0.15, -0.1) is 11.3 Å². The van der Waals surface area contributed by atoms with Crippen LogP contribution in [-0.4, -0.2) is 13.3 Å². The molecule has 2 N–H and O–H groups in total. The first-order valence-electron chi connectivity index (χ1n) is 5.76. The Balaban J connectivity index is 1.79. The second-order valence-corrected chi connectivity index (χ2v) is 5.88. The molecule has 0 fully saturated rings. The van der Waals surface area contributed by atoms with E-state index in [2.05, 4.69) is 15.9 Å². The van der Waals surface area contributed by atoms with Crippen molar-refractivity contribution in [3.8, 4) is 17.2 Å². The third kappa shape index (κ3) is 2.70. The van der Waals surface area contributed by atoms with Crippen molar-refractivity contribution in [2.45, 2.75) is 6.10 Å². The van der Waals surface area contributed by atoms with E-state index in [-0.39, 0.29) is 12.9 Å². The van der Waals surface area contributed by atoms with Crippen molar-refractivity contribution >= 4 is 27.3 Å². The van der Waals surface area contributed by atoms with Crippen molar-refractivity contribution in [1.82, 2.24) is 0 Å². The summed E-state index contributed by atoms with van der Waals surface area (Å²) in [5.74, 6) is 2.18. The van der Waals surface area contributed by atoms with Crippen LogP contribution in [-0.2, 0) is 0 Å². The predicted octanol–water partition coefficient (Wildman–Crippen LogP) is 3.32. The minimum Gasteiger partial charge on any atom is -0.483 e. The molecule has 4 nitrogen and oxygen atoms in total. The molecule has 3 rings (SSSR count). The summed E-state index contributed by atoms with van der Waals surface area (Å²) in [6, 6.07) is 7.55. The Morgan fingerprint density at radius 3 is 2.89 bits per heavy atom. The largest absolute Gasteiger partial charge is 0.483 e. The molecule has 100 valence electrons. The second kappa shape index (κ2) is 5.40. The van der Waals surface area contributed by atoms with Crippen LogP contribution in [0.1, 0.15) is 11.0 Å². The van der Waals surface area contributed by atoms with E-state index in [9.17, 15) is 0 Å². The number of rotatable bonds is 4. The minimum atomic E-state index is -0.156. The lowest BCUT2D eigenvalue weighted by molar-refractivity contribution is 0.173. The smallest absolute Gasteiger partial charge is 0.231 e. The summed E-state index contributed by atoms with van der Waals surface area (Å²) >= 11 is 5.05. The van der Waals surface area contributed by atoms with Gasteiger partial charge in [-0.05, 0) is 34.1 Å². The summed E-state index contributed by atoms with van der Waals surface area (Å²) in [6.07, 6.45) is -0.156. The average Bonchev–Trinajstić information content (AvgIpc) is 3.04. The van der Waals surface area contributed by atoms with E-state index in [0.717, 1.165) is 20.8 Å². The zero-order valence-corrected chi connectivity index (χ0v) is 12.4. The summed E-state index contributed by atoms with van der Waals surface area (Å²) in [7, 11) is 0. The Kier molecular flexibility index (Phi) is 3.63. The SMILES string of the molecule is NCC(Oc1ccc2c(c1)OCO2)c1cc(Br)cs1. The number of nitrogens with two attached hydrogens (primary N) is 1. The molecule has 19 heavy (non-hydrogen) atoms. The normalized spacial score (nSPS) is 14.4. The molecule has 1 aliphatic heterocycles. The Morgan fingerprint density at radius 2 is 2.16 bits per heavy atom. The molecule has 0 saturated heterocycles. The molecule has 1 aromatic heterocycles. The van der Waals surface area contributed by atoms with Crippen LogP contribution in [0.5, 0.6) is 17.2 Å². The molecule has 6 heteroatoms. The van der Waals surface area contributed by atoms with Crippen LogP contribution in [0.25, 0.3) is 0 Å². The van der Waals surface area contributed by atoms with E-state index in [4.69, 9.17) is 19.9 Å². The predicted molar refractivity (Wildman–Crippen MR) is 77.0 cm³/mol. The number of hydrogen-bond donors (Lipinski definition) is 1. The highest BCUT2D eigenvalue weighted by atomic mass is 79.9. The first-order valence-corrected chi connectivity index (χ1v) is 7.44. The molecule has 0 radical (unpaired) electrons. The molecule has 0 aliphatic carbocycles. The monoisotopic (exact) mass is 341 g/mol. The molecule has 1 aliphatic rings. The highest BCUT2D eigenvalue weighted by Gasteiger charge is 2.17. The van der Waals surface area contributed by atoms with E-state index < -0.39 is 0 Å². The Bertz CT molecular complexity index is 587. The highest BCUT2D eigenvalue weighted by Crippen LogP contribution is 2.37. The molecule has 1 aromatic carbocycles. The summed E-state index contributed by atoms with van der Waals surface area (Å²) in [6.45, 7) is 0.679. The third-order valence-corrected chi connectivity index (χ3v) is 4.53. The zero-order chi connectivity index (χ0) is 13.2. The molecular formula is C13H12BrNO3S. The van der Waals surface area contributed by atoms with Gasteiger partial charge < -0.3 is 19.9 Å². The van der Waals surface area contributed by atoms with Crippen LogP contribution in [0.3, 0.4) is 0 Å². The number of fused-ring (bicyclic) bond motifs is 1. The maximum absolute atomic E-state index is 5.92. The first-order chi connectivity index (χ1) is 9.26. The van der Waals surface area contributed by atoms with Gasteiger partial charge >= 0.3 is 0 Å². The zero-order valence-electron chi connectivity index (χ0n) is 9.97.